The fraction of sp³-hybridized carbons (Fsp3) is 0.611. The fourth-order valence-electron chi connectivity index (χ4n) is 3.02. The van der Waals surface area contributed by atoms with Crippen LogP contribution in [-0.2, 0) is 22.3 Å². The van der Waals surface area contributed by atoms with Crippen molar-refractivity contribution in [3.63, 3.8) is 0 Å². The number of ether oxygens (including phenoxy) is 1. The Kier molecular flexibility index (Phi) is 8.86. The smallest absolute Gasteiger partial charge is 0.365 e. The molecule has 1 amide bonds. The summed E-state index contributed by atoms with van der Waals surface area (Å²) in [7, 11) is 0. The average Bonchev–Trinajstić information content (AvgIpc) is 2.82. The lowest BCUT2D eigenvalue weighted by molar-refractivity contribution is -0.137. The van der Waals surface area contributed by atoms with Gasteiger partial charge in [0.25, 0.3) is 5.91 Å². The van der Waals surface area contributed by atoms with E-state index < -0.39 is 23.8 Å². The minimum atomic E-state index is -4.49. The highest BCUT2D eigenvalue weighted by Crippen LogP contribution is 2.32. The maximum absolute atomic E-state index is 12.9. The van der Waals surface area contributed by atoms with Crippen LogP contribution in [0.4, 0.5) is 18.9 Å². The Bertz CT molecular complexity index is 588. The highest BCUT2D eigenvalue weighted by Gasteiger charge is 2.31. The van der Waals surface area contributed by atoms with Gasteiger partial charge in [-0.1, -0.05) is 25.7 Å². The van der Waals surface area contributed by atoms with Crippen molar-refractivity contribution >= 4 is 24.0 Å². The van der Waals surface area contributed by atoms with Crippen molar-refractivity contribution < 1.29 is 22.7 Å². The molecular weight excluding hydrogens is 369 g/mol. The van der Waals surface area contributed by atoms with E-state index in [0.29, 0.717) is 5.56 Å². The number of benzene rings is 1. The average molecular weight is 395 g/mol. The first-order valence-corrected chi connectivity index (χ1v) is 8.67. The van der Waals surface area contributed by atoms with Gasteiger partial charge in [0, 0.05) is 12.2 Å². The number of nitrogens with one attached hydrogen (secondary N) is 1. The highest BCUT2D eigenvalue weighted by atomic mass is 35.5. The Morgan fingerprint density at radius 2 is 1.85 bits per heavy atom. The van der Waals surface area contributed by atoms with E-state index in [9.17, 15) is 18.0 Å². The minimum absolute atomic E-state index is 0. The Morgan fingerprint density at radius 1 is 1.23 bits per heavy atom. The first kappa shape index (κ1) is 22.7. The molecule has 0 aliphatic heterocycles. The molecule has 148 valence electrons. The number of anilines is 1. The zero-order chi connectivity index (χ0) is 18.4. The van der Waals surface area contributed by atoms with E-state index in [1.54, 1.807) is 6.92 Å². The van der Waals surface area contributed by atoms with E-state index in [2.05, 4.69) is 5.32 Å². The monoisotopic (exact) mass is 394 g/mol. The number of nitrogens with two attached hydrogens (primary N) is 1. The number of carbonyl (C=O) groups is 1. The summed E-state index contributed by atoms with van der Waals surface area (Å²) in [4.78, 5) is 12.3. The lowest BCUT2D eigenvalue weighted by Crippen LogP contribution is -2.31. The summed E-state index contributed by atoms with van der Waals surface area (Å²) in [5.41, 5.74) is 5.01. The number of halogens is 4. The molecule has 1 aromatic rings. The number of alkyl halides is 3. The van der Waals surface area contributed by atoms with Crippen LogP contribution >= 0.6 is 12.4 Å². The zero-order valence-corrected chi connectivity index (χ0v) is 15.6. The van der Waals surface area contributed by atoms with Crippen LogP contribution in [0.5, 0.6) is 0 Å². The zero-order valence-electron chi connectivity index (χ0n) is 14.8. The number of hydrogen-bond donors (Lipinski definition) is 2. The van der Waals surface area contributed by atoms with E-state index in [1.165, 1.54) is 18.9 Å². The van der Waals surface area contributed by atoms with Gasteiger partial charge in [-0.2, -0.15) is 13.2 Å². The van der Waals surface area contributed by atoms with Gasteiger partial charge in [0.2, 0.25) is 0 Å². The Hall–Kier alpha value is -1.31. The molecule has 1 saturated carbocycles. The lowest BCUT2D eigenvalue weighted by Gasteiger charge is -2.21. The predicted molar refractivity (Wildman–Crippen MR) is 97.3 cm³/mol. The van der Waals surface area contributed by atoms with Crippen molar-refractivity contribution in [3.8, 4) is 0 Å². The first-order valence-electron chi connectivity index (χ1n) is 8.67. The van der Waals surface area contributed by atoms with Gasteiger partial charge in [-0.25, -0.2) is 0 Å². The molecule has 1 unspecified atom stereocenters. The summed E-state index contributed by atoms with van der Waals surface area (Å²) in [5, 5.41) is 2.51. The Labute approximate surface area is 158 Å². The second-order valence-electron chi connectivity index (χ2n) is 6.50. The third kappa shape index (κ3) is 6.78. The van der Waals surface area contributed by atoms with Crippen molar-refractivity contribution in [1.29, 1.82) is 0 Å². The fourth-order valence-corrected chi connectivity index (χ4v) is 3.02. The third-order valence-corrected chi connectivity index (χ3v) is 4.39. The van der Waals surface area contributed by atoms with E-state index >= 15 is 0 Å². The summed E-state index contributed by atoms with van der Waals surface area (Å²) in [6, 6.07) is 3.35. The minimum Gasteiger partial charge on any atom is -0.365 e. The van der Waals surface area contributed by atoms with E-state index in [0.717, 1.165) is 37.8 Å². The maximum atomic E-state index is 12.9. The van der Waals surface area contributed by atoms with Crippen molar-refractivity contribution in [2.75, 3.05) is 5.32 Å². The molecular formula is C18H26ClF3N2O2. The van der Waals surface area contributed by atoms with Gasteiger partial charge in [-0.15, -0.1) is 12.4 Å². The van der Waals surface area contributed by atoms with Gasteiger partial charge in [-0.05, 0) is 43.5 Å². The molecule has 0 bridgehead atoms. The molecule has 1 aliphatic carbocycles. The second-order valence-corrected chi connectivity index (χ2v) is 6.50. The molecule has 2 rings (SSSR count). The third-order valence-electron chi connectivity index (χ3n) is 4.39. The molecule has 0 radical (unpaired) electrons. The topological polar surface area (TPSA) is 64.3 Å². The first-order chi connectivity index (χ1) is 11.8. The Balaban J connectivity index is 0.00000338. The number of carbonyl (C=O) groups excluding carboxylic acids is 1. The van der Waals surface area contributed by atoms with Gasteiger partial charge in [0.1, 0.15) is 6.10 Å². The highest BCUT2D eigenvalue weighted by molar-refractivity contribution is 5.94. The van der Waals surface area contributed by atoms with Crippen LogP contribution in [0.3, 0.4) is 0 Å². The number of amides is 1. The molecule has 26 heavy (non-hydrogen) atoms. The van der Waals surface area contributed by atoms with E-state index in [1.807, 2.05) is 0 Å². The van der Waals surface area contributed by atoms with E-state index in [-0.39, 0.29) is 30.7 Å². The largest absolute Gasteiger partial charge is 0.416 e. The molecule has 0 heterocycles. The predicted octanol–water partition coefficient (Wildman–Crippen LogP) is 4.65. The van der Waals surface area contributed by atoms with E-state index in [4.69, 9.17) is 10.5 Å². The molecule has 0 spiro atoms. The van der Waals surface area contributed by atoms with Crippen LogP contribution < -0.4 is 11.1 Å². The van der Waals surface area contributed by atoms with Crippen LogP contribution in [0.1, 0.15) is 56.6 Å². The lowest BCUT2D eigenvalue weighted by atomic mass is 10.1. The van der Waals surface area contributed by atoms with Crippen LogP contribution in [0.15, 0.2) is 18.2 Å². The van der Waals surface area contributed by atoms with Gasteiger partial charge in [0.15, 0.2) is 0 Å². The summed E-state index contributed by atoms with van der Waals surface area (Å²) in [6.45, 7) is 1.58. The summed E-state index contributed by atoms with van der Waals surface area (Å²) in [6.07, 6.45) is 1.14. The van der Waals surface area contributed by atoms with Crippen LogP contribution in [0, 0.1) is 0 Å². The number of rotatable bonds is 5. The summed E-state index contributed by atoms with van der Waals surface area (Å²) >= 11 is 0. The molecule has 0 saturated heterocycles. The van der Waals surface area contributed by atoms with Crippen molar-refractivity contribution in [1.82, 2.24) is 0 Å². The summed E-state index contributed by atoms with van der Waals surface area (Å²) < 4.78 is 44.6. The molecule has 1 atom stereocenters. The maximum Gasteiger partial charge on any atom is 0.416 e. The van der Waals surface area contributed by atoms with Crippen LogP contribution in [-0.4, -0.2) is 18.1 Å². The molecule has 0 aromatic heterocycles. The molecule has 3 N–H and O–H groups in total. The molecule has 1 aliphatic rings. The van der Waals surface area contributed by atoms with Crippen molar-refractivity contribution in [2.24, 2.45) is 5.73 Å². The van der Waals surface area contributed by atoms with Gasteiger partial charge < -0.3 is 15.8 Å². The molecule has 1 fully saturated rings. The van der Waals surface area contributed by atoms with Gasteiger partial charge in [0.05, 0.1) is 11.7 Å². The second kappa shape index (κ2) is 10.1. The molecule has 1 aromatic carbocycles. The van der Waals surface area contributed by atoms with Gasteiger partial charge >= 0.3 is 6.18 Å². The normalized spacial score (nSPS) is 17.1. The van der Waals surface area contributed by atoms with Gasteiger partial charge in [-0.3, -0.25) is 4.79 Å². The standard InChI is InChI=1S/C18H25F3N2O2.ClH/c1-12(25-16-6-4-2-3-5-7-16)17(24)23-15-9-13(11-22)8-14(10-15)18(19,20)21;/h8-10,12,16H,2-7,11,22H2,1H3,(H,23,24);1H. The molecule has 4 nitrogen and oxygen atoms in total. The SMILES string of the molecule is CC(OC1CCCCCC1)C(=O)Nc1cc(CN)cc(C(F)(F)F)c1.Cl. The Morgan fingerprint density at radius 3 is 2.38 bits per heavy atom. The van der Waals surface area contributed by atoms with Crippen LogP contribution in [0.25, 0.3) is 0 Å². The van der Waals surface area contributed by atoms with Crippen molar-refractivity contribution in [3.05, 3.63) is 29.3 Å². The molecule has 8 heteroatoms. The van der Waals surface area contributed by atoms with Crippen LogP contribution in [0.2, 0.25) is 0 Å². The number of hydrogen-bond acceptors (Lipinski definition) is 3. The van der Waals surface area contributed by atoms with Crippen molar-refractivity contribution in [2.45, 2.75) is 70.4 Å². The quantitative estimate of drug-likeness (QED) is 0.714. The summed E-state index contributed by atoms with van der Waals surface area (Å²) in [5.74, 6) is -0.452.